The molecule has 0 fully saturated rings. The van der Waals surface area contributed by atoms with Crippen molar-refractivity contribution < 1.29 is 28.3 Å². The average Bonchev–Trinajstić information content (AvgIpc) is 3.35. The number of nitrogens with one attached hydrogen (secondary N) is 1. The summed E-state index contributed by atoms with van der Waals surface area (Å²) in [6.45, 7) is 3.85. The van der Waals surface area contributed by atoms with Gasteiger partial charge in [0, 0.05) is 10.6 Å². The molecule has 2 atom stereocenters. The summed E-state index contributed by atoms with van der Waals surface area (Å²) in [5.41, 5.74) is 0.616. The van der Waals surface area contributed by atoms with Crippen molar-refractivity contribution in [3.05, 3.63) is 47.3 Å². The molecule has 0 aliphatic rings. The van der Waals surface area contributed by atoms with Crippen molar-refractivity contribution >= 4 is 17.5 Å². The monoisotopic (exact) mass is 489 g/mol. The van der Waals surface area contributed by atoms with Crippen LogP contribution in [0.4, 0.5) is 0 Å². The summed E-state index contributed by atoms with van der Waals surface area (Å²) in [6.07, 6.45) is 0.783. The molecule has 1 aromatic heterocycles. The molecule has 1 N–H and O–H groups in total. The zero-order chi connectivity index (χ0) is 24.7. The molecule has 0 aliphatic carbocycles. The molecule has 34 heavy (non-hydrogen) atoms. The fourth-order valence-electron chi connectivity index (χ4n) is 3.27. The van der Waals surface area contributed by atoms with Gasteiger partial charge in [-0.05, 0) is 42.3 Å². The summed E-state index contributed by atoms with van der Waals surface area (Å²) in [5.74, 6) is 2.28. The molecule has 2 aromatic carbocycles. The van der Waals surface area contributed by atoms with Crippen LogP contribution in [-0.4, -0.2) is 44.0 Å². The number of amides is 1. The van der Waals surface area contributed by atoms with Gasteiger partial charge < -0.3 is 28.8 Å². The zero-order valence-electron chi connectivity index (χ0n) is 19.8. The van der Waals surface area contributed by atoms with Gasteiger partial charge in [-0.25, -0.2) is 0 Å². The molecule has 0 aliphatic heterocycles. The van der Waals surface area contributed by atoms with E-state index in [1.165, 1.54) is 21.3 Å². The van der Waals surface area contributed by atoms with Crippen LogP contribution in [-0.2, 0) is 4.79 Å². The number of carbonyl (C=O) groups excluding carboxylic acids is 1. The highest BCUT2D eigenvalue weighted by molar-refractivity contribution is 6.30. The molecule has 0 spiro atoms. The van der Waals surface area contributed by atoms with Crippen LogP contribution < -0.4 is 24.3 Å². The van der Waals surface area contributed by atoms with Gasteiger partial charge in [0.25, 0.3) is 5.91 Å². The third-order valence-corrected chi connectivity index (χ3v) is 5.60. The molecule has 0 radical (unpaired) electrons. The van der Waals surface area contributed by atoms with E-state index in [-0.39, 0.29) is 24.3 Å². The van der Waals surface area contributed by atoms with E-state index in [1.54, 1.807) is 36.4 Å². The highest BCUT2D eigenvalue weighted by Gasteiger charge is 2.27. The third kappa shape index (κ3) is 5.91. The third-order valence-electron chi connectivity index (χ3n) is 5.34. The van der Waals surface area contributed by atoms with E-state index < -0.39 is 6.04 Å². The first-order chi connectivity index (χ1) is 16.4. The number of aromatic nitrogens is 2. The lowest BCUT2D eigenvalue weighted by Crippen LogP contribution is -2.36. The fourth-order valence-corrected chi connectivity index (χ4v) is 3.39. The molecule has 0 saturated carbocycles. The summed E-state index contributed by atoms with van der Waals surface area (Å²) in [6, 6.07) is 9.75. The van der Waals surface area contributed by atoms with Gasteiger partial charge in [-0.1, -0.05) is 37.0 Å². The van der Waals surface area contributed by atoms with E-state index in [0.29, 0.717) is 39.4 Å². The molecule has 0 unspecified atom stereocenters. The minimum absolute atomic E-state index is 0.0349. The van der Waals surface area contributed by atoms with E-state index in [1.807, 2.05) is 13.8 Å². The first-order valence-electron chi connectivity index (χ1n) is 10.7. The Labute approximate surface area is 203 Å². The average molecular weight is 490 g/mol. The van der Waals surface area contributed by atoms with Crippen molar-refractivity contribution in [2.75, 3.05) is 27.9 Å². The summed E-state index contributed by atoms with van der Waals surface area (Å²) >= 11 is 5.88. The molecule has 0 bridgehead atoms. The number of methoxy groups -OCH3 is 3. The predicted octanol–water partition coefficient (Wildman–Crippen LogP) is 4.70. The number of hydrogen-bond acceptors (Lipinski definition) is 8. The van der Waals surface area contributed by atoms with Crippen LogP contribution >= 0.6 is 11.6 Å². The molecule has 1 amide bonds. The largest absolute Gasteiger partial charge is 0.493 e. The fraction of sp³-hybridized carbons (Fsp3) is 0.375. The SMILES string of the molecule is CC[C@H](C)[C@H](NC(=O)COc1ccc(Cl)cc1)c1nc(-c2cc(OC)c(OC)c(OC)c2)no1. The second-order valence-corrected chi connectivity index (χ2v) is 7.98. The van der Waals surface area contributed by atoms with Gasteiger partial charge in [-0.3, -0.25) is 4.79 Å². The van der Waals surface area contributed by atoms with Gasteiger partial charge >= 0.3 is 0 Å². The van der Waals surface area contributed by atoms with Crippen molar-refractivity contribution in [2.45, 2.75) is 26.3 Å². The van der Waals surface area contributed by atoms with Crippen LogP contribution in [0.5, 0.6) is 23.0 Å². The summed E-state index contributed by atoms with van der Waals surface area (Å²) in [4.78, 5) is 17.1. The number of nitrogens with zero attached hydrogens (tertiary/aromatic N) is 2. The molecular weight excluding hydrogens is 462 g/mol. The number of benzene rings is 2. The van der Waals surface area contributed by atoms with Crippen LogP contribution in [0.15, 0.2) is 40.9 Å². The second-order valence-electron chi connectivity index (χ2n) is 7.54. The van der Waals surface area contributed by atoms with Crippen molar-refractivity contribution in [3.63, 3.8) is 0 Å². The Morgan fingerprint density at radius 3 is 2.29 bits per heavy atom. The van der Waals surface area contributed by atoms with Crippen LogP contribution in [0.1, 0.15) is 32.2 Å². The van der Waals surface area contributed by atoms with Gasteiger partial charge in [-0.15, -0.1) is 0 Å². The minimum Gasteiger partial charge on any atom is -0.493 e. The topological polar surface area (TPSA) is 105 Å². The molecule has 3 aromatic rings. The number of rotatable bonds is 11. The lowest BCUT2D eigenvalue weighted by Gasteiger charge is -2.20. The Hall–Kier alpha value is -3.46. The maximum absolute atomic E-state index is 12.6. The Morgan fingerprint density at radius 2 is 1.74 bits per heavy atom. The van der Waals surface area contributed by atoms with Gasteiger partial charge in [0.2, 0.25) is 17.5 Å². The van der Waals surface area contributed by atoms with Gasteiger partial charge in [0.05, 0.1) is 21.3 Å². The van der Waals surface area contributed by atoms with Crippen LogP contribution in [0, 0.1) is 5.92 Å². The molecule has 3 rings (SSSR count). The second kappa shape index (κ2) is 11.6. The predicted molar refractivity (Wildman–Crippen MR) is 127 cm³/mol. The molecule has 10 heteroatoms. The van der Waals surface area contributed by atoms with Crippen LogP contribution in [0.2, 0.25) is 5.02 Å². The van der Waals surface area contributed by atoms with Gasteiger partial charge in [0.1, 0.15) is 11.8 Å². The molecule has 0 saturated heterocycles. The van der Waals surface area contributed by atoms with Crippen molar-refractivity contribution in [1.82, 2.24) is 15.5 Å². The quantitative estimate of drug-likeness (QED) is 0.413. The summed E-state index contributed by atoms with van der Waals surface area (Å²) in [7, 11) is 4.59. The molecule has 182 valence electrons. The molecular formula is C24H28ClN3O6. The molecule has 9 nitrogen and oxygen atoms in total. The summed E-state index contributed by atoms with van der Waals surface area (Å²) < 4.78 is 27.3. The Kier molecular flexibility index (Phi) is 8.59. The van der Waals surface area contributed by atoms with E-state index >= 15 is 0 Å². The highest BCUT2D eigenvalue weighted by Crippen LogP contribution is 2.40. The maximum atomic E-state index is 12.6. The van der Waals surface area contributed by atoms with Crippen molar-refractivity contribution in [1.29, 1.82) is 0 Å². The zero-order valence-corrected chi connectivity index (χ0v) is 20.5. The van der Waals surface area contributed by atoms with E-state index in [4.69, 9.17) is 35.1 Å². The van der Waals surface area contributed by atoms with Gasteiger partial charge in [0.15, 0.2) is 18.1 Å². The lowest BCUT2D eigenvalue weighted by molar-refractivity contribution is -0.124. The van der Waals surface area contributed by atoms with Crippen LogP contribution in [0.25, 0.3) is 11.4 Å². The Morgan fingerprint density at radius 1 is 1.09 bits per heavy atom. The standard InChI is InChI=1S/C24H28ClN3O6/c1-6-14(2)21(26-20(29)13-33-17-9-7-16(25)8-10-17)24-27-23(28-34-24)15-11-18(30-3)22(32-5)19(12-15)31-4/h7-12,14,21H,6,13H2,1-5H3,(H,26,29)/t14-,21-/m0/s1. The Bertz CT molecular complexity index is 1080. The number of carbonyl (C=O) groups is 1. The normalized spacial score (nSPS) is 12.5. The first-order valence-corrected chi connectivity index (χ1v) is 11.1. The number of halogens is 1. The Balaban J connectivity index is 1.79. The first kappa shape index (κ1) is 25.2. The van der Waals surface area contributed by atoms with Crippen molar-refractivity contribution in [2.24, 2.45) is 5.92 Å². The van der Waals surface area contributed by atoms with Crippen molar-refractivity contribution in [3.8, 4) is 34.4 Å². The van der Waals surface area contributed by atoms with Crippen LogP contribution in [0.3, 0.4) is 0 Å². The summed E-state index contributed by atoms with van der Waals surface area (Å²) in [5, 5.41) is 7.64. The highest BCUT2D eigenvalue weighted by atomic mass is 35.5. The van der Waals surface area contributed by atoms with E-state index in [0.717, 1.165) is 6.42 Å². The van der Waals surface area contributed by atoms with Gasteiger partial charge in [-0.2, -0.15) is 4.98 Å². The lowest BCUT2D eigenvalue weighted by atomic mass is 9.99. The number of hydrogen-bond donors (Lipinski definition) is 1. The van der Waals surface area contributed by atoms with E-state index in [2.05, 4.69) is 15.5 Å². The minimum atomic E-state index is -0.491. The smallest absolute Gasteiger partial charge is 0.258 e. The maximum Gasteiger partial charge on any atom is 0.258 e. The van der Waals surface area contributed by atoms with E-state index in [9.17, 15) is 4.79 Å². The number of ether oxygens (including phenoxy) is 4. The molecule has 1 heterocycles.